The summed E-state index contributed by atoms with van der Waals surface area (Å²) in [6, 6.07) is 1.89. The minimum atomic E-state index is -0.989. The first-order chi connectivity index (χ1) is 10.4. The van der Waals surface area contributed by atoms with Gasteiger partial charge in [-0.1, -0.05) is 13.0 Å². The lowest BCUT2D eigenvalue weighted by molar-refractivity contribution is -0.153. The van der Waals surface area contributed by atoms with Crippen molar-refractivity contribution in [3.05, 3.63) is 22.4 Å². The van der Waals surface area contributed by atoms with Crippen LogP contribution in [0.5, 0.6) is 0 Å². The average Bonchev–Trinajstić information content (AvgIpc) is 3.00. The number of rotatable bonds is 4. The van der Waals surface area contributed by atoms with Crippen LogP contribution in [0.15, 0.2) is 17.5 Å². The molecule has 0 radical (unpaired) electrons. The number of carbonyl (C=O) groups excluding carboxylic acids is 2. The Labute approximate surface area is 133 Å². The van der Waals surface area contributed by atoms with E-state index in [0.29, 0.717) is 17.8 Å². The van der Waals surface area contributed by atoms with E-state index in [1.165, 1.54) is 16.2 Å². The van der Waals surface area contributed by atoms with Crippen LogP contribution in [0.25, 0.3) is 0 Å². The van der Waals surface area contributed by atoms with Crippen LogP contribution in [-0.2, 0) is 9.59 Å². The maximum atomic E-state index is 12.5. The quantitative estimate of drug-likeness (QED) is 0.880. The Morgan fingerprint density at radius 2 is 2.18 bits per heavy atom. The van der Waals surface area contributed by atoms with Crippen LogP contribution in [0.1, 0.15) is 36.4 Å². The Morgan fingerprint density at radius 1 is 1.45 bits per heavy atom. The van der Waals surface area contributed by atoms with Gasteiger partial charge < -0.3 is 15.3 Å². The smallest absolute Gasteiger partial charge is 0.326 e. The summed E-state index contributed by atoms with van der Waals surface area (Å²) in [4.78, 5) is 37.7. The topological polar surface area (TPSA) is 86.7 Å². The highest BCUT2D eigenvalue weighted by atomic mass is 32.1. The van der Waals surface area contributed by atoms with E-state index in [1.807, 2.05) is 6.92 Å². The highest BCUT2D eigenvalue weighted by Gasteiger charge is 2.36. The number of carboxylic acids is 1. The van der Waals surface area contributed by atoms with Crippen molar-refractivity contribution in [1.29, 1.82) is 0 Å². The third-order valence-corrected chi connectivity index (χ3v) is 4.76. The number of hydrogen-bond acceptors (Lipinski definition) is 4. The molecule has 0 saturated carbocycles. The molecular formula is C15H20N2O4S. The first kappa shape index (κ1) is 16.5. The first-order valence-corrected chi connectivity index (χ1v) is 8.15. The molecule has 2 heterocycles. The number of carbonyl (C=O) groups is 3. The molecule has 6 nitrogen and oxygen atoms in total. The summed E-state index contributed by atoms with van der Waals surface area (Å²) in [6.07, 6.45) is 1.23. The molecular weight excluding hydrogens is 304 g/mol. The first-order valence-electron chi connectivity index (χ1n) is 7.27. The number of hydrogen-bond donors (Lipinski definition) is 2. The second kappa shape index (κ2) is 6.91. The largest absolute Gasteiger partial charge is 0.480 e. The molecule has 1 fully saturated rings. The van der Waals surface area contributed by atoms with Gasteiger partial charge in [0.25, 0.3) is 5.91 Å². The normalized spacial score (nSPS) is 22.9. The molecule has 1 aliphatic rings. The van der Waals surface area contributed by atoms with E-state index in [4.69, 9.17) is 0 Å². The zero-order chi connectivity index (χ0) is 16.3. The van der Waals surface area contributed by atoms with Crippen LogP contribution in [0.2, 0.25) is 0 Å². The summed E-state index contributed by atoms with van der Waals surface area (Å²) in [6.45, 7) is 3.99. The van der Waals surface area contributed by atoms with Gasteiger partial charge in [-0.15, -0.1) is 11.3 Å². The Hall–Kier alpha value is -1.89. The summed E-state index contributed by atoms with van der Waals surface area (Å²) in [5, 5.41) is 13.7. The third-order valence-electron chi connectivity index (χ3n) is 3.90. The molecule has 0 spiro atoms. The van der Waals surface area contributed by atoms with E-state index in [1.54, 1.807) is 24.4 Å². The fourth-order valence-electron chi connectivity index (χ4n) is 2.63. The standard InChI is InChI=1S/C15H20N2O4S/c1-9-5-6-17(11(8-9)15(20)21)14(19)10(2)16-13(18)12-4-3-7-22-12/h3-4,7,9-11H,5-6,8H2,1-2H3,(H,16,18)(H,20,21). The average molecular weight is 324 g/mol. The zero-order valence-electron chi connectivity index (χ0n) is 12.6. The fraction of sp³-hybridized carbons (Fsp3) is 0.533. The van der Waals surface area contributed by atoms with Crippen LogP contribution in [0.3, 0.4) is 0 Å². The molecule has 3 atom stereocenters. The monoisotopic (exact) mass is 324 g/mol. The van der Waals surface area contributed by atoms with Crippen LogP contribution in [-0.4, -0.2) is 46.4 Å². The predicted molar refractivity (Wildman–Crippen MR) is 82.8 cm³/mol. The number of amides is 2. The number of nitrogens with one attached hydrogen (secondary N) is 1. The molecule has 3 unspecified atom stereocenters. The van der Waals surface area contributed by atoms with Crippen molar-refractivity contribution in [3.8, 4) is 0 Å². The number of nitrogens with zero attached hydrogens (tertiary/aromatic N) is 1. The highest BCUT2D eigenvalue weighted by molar-refractivity contribution is 7.12. The van der Waals surface area contributed by atoms with Crippen LogP contribution in [0.4, 0.5) is 0 Å². The lowest BCUT2D eigenvalue weighted by atomic mass is 9.92. The molecule has 1 aromatic heterocycles. The number of likely N-dealkylation sites (tertiary alicyclic amines) is 1. The van der Waals surface area contributed by atoms with Crippen molar-refractivity contribution >= 4 is 29.1 Å². The molecule has 22 heavy (non-hydrogen) atoms. The van der Waals surface area contributed by atoms with E-state index in [9.17, 15) is 19.5 Å². The molecule has 2 amide bonds. The van der Waals surface area contributed by atoms with Crippen molar-refractivity contribution < 1.29 is 19.5 Å². The minimum absolute atomic E-state index is 0.279. The number of piperidine rings is 1. The molecule has 1 aromatic rings. The van der Waals surface area contributed by atoms with Gasteiger partial charge in [0.1, 0.15) is 12.1 Å². The van der Waals surface area contributed by atoms with Crippen LogP contribution >= 0.6 is 11.3 Å². The van der Waals surface area contributed by atoms with Gasteiger partial charge >= 0.3 is 5.97 Å². The Kier molecular flexibility index (Phi) is 5.18. The van der Waals surface area contributed by atoms with E-state index in [-0.39, 0.29) is 17.7 Å². The molecule has 1 aliphatic heterocycles. The van der Waals surface area contributed by atoms with Crippen molar-refractivity contribution in [2.24, 2.45) is 5.92 Å². The van der Waals surface area contributed by atoms with Gasteiger partial charge in [0, 0.05) is 6.54 Å². The molecule has 1 saturated heterocycles. The highest BCUT2D eigenvalue weighted by Crippen LogP contribution is 2.23. The summed E-state index contributed by atoms with van der Waals surface area (Å²) in [5.41, 5.74) is 0. The van der Waals surface area contributed by atoms with E-state index >= 15 is 0 Å². The SMILES string of the molecule is CC1CCN(C(=O)C(C)NC(=O)c2cccs2)C(C(=O)O)C1. The summed E-state index contributed by atoms with van der Waals surface area (Å²) >= 11 is 1.29. The van der Waals surface area contributed by atoms with Gasteiger partial charge in [0.05, 0.1) is 4.88 Å². The van der Waals surface area contributed by atoms with Gasteiger partial charge in [0.15, 0.2) is 0 Å². The van der Waals surface area contributed by atoms with Gasteiger partial charge in [-0.2, -0.15) is 0 Å². The zero-order valence-corrected chi connectivity index (χ0v) is 13.4. The molecule has 0 aliphatic carbocycles. The molecule has 2 N–H and O–H groups in total. The Morgan fingerprint density at radius 3 is 2.77 bits per heavy atom. The van der Waals surface area contributed by atoms with Crippen LogP contribution < -0.4 is 5.32 Å². The summed E-state index contributed by atoms with van der Waals surface area (Å²) in [7, 11) is 0. The molecule has 120 valence electrons. The lowest BCUT2D eigenvalue weighted by Crippen LogP contribution is -2.55. The van der Waals surface area contributed by atoms with Crippen LogP contribution in [0, 0.1) is 5.92 Å². The molecule has 0 bridgehead atoms. The molecule has 0 aromatic carbocycles. The van der Waals surface area contributed by atoms with Gasteiger partial charge in [-0.05, 0) is 37.1 Å². The number of aliphatic carboxylic acids is 1. The predicted octanol–water partition coefficient (Wildman–Crippen LogP) is 1.58. The Bertz CT molecular complexity index is 558. The molecule has 7 heteroatoms. The van der Waals surface area contributed by atoms with Gasteiger partial charge in [-0.3, -0.25) is 9.59 Å². The maximum absolute atomic E-state index is 12.5. The lowest BCUT2D eigenvalue weighted by Gasteiger charge is -2.37. The number of thiophene rings is 1. The summed E-state index contributed by atoms with van der Waals surface area (Å²) < 4.78 is 0. The van der Waals surface area contributed by atoms with Gasteiger partial charge in [0.2, 0.25) is 5.91 Å². The second-order valence-corrected chi connectivity index (χ2v) is 6.64. The van der Waals surface area contributed by atoms with Crippen molar-refractivity contribution in [2.75, 3.05) is 6.54 Å². The number of carboxylic acid groups (broad SMARTS) is 1. The minimum Gasteiger partial charge on any atom is -0.480 e. The fourth-order valence-corrected chi connectivity index (χ4v) is 3.25. The maximum Gasteiger partial charge on any atom is 0.326 e. The summed E-state index contributed by atoms with van der Waals surface area (Å²) in [5.74, 6) is -1.37. The Balaban J connectivity index is 2.02. The molecule has 2 rings (SSSR count). The van der Waals surface area contributed by atoms with E-state index in [0.717, 1.165) is 6.42 Å². The van der Waals surface area contributed by atoms with Crippen molar-refractivity contribution in [1.82, 2.24) is 10.2 Å². The van der Waals surface area contributed by atoms with E-state index in [2.05, 4.69) is 5.32 Å². The van der Waals surface area contributed by atoms with E-state index < -0.39 is 18.1 Å². The third kappa shape index (κ3) is 3.65. The second-order valence-electron chi connectivity index (χ2n) is 5.69. The van der Waals surface area contributed by atoms with Crippen molar-refractivity contribution in [2.45, 2.75) is 38.8 Å². The van der Waals surface area contributed by atoms with Gasteiger partial charge in [-0.25, -0.2) is 4.79 Å². The van der Waals surface area contributed by atoms with Crippen molar-refractivity contribution in [3.63, 3.8) is 0 Å².